The minimum atomic E-state index is -4.63. The number of hydrogen-bond donors (Lipinski definition) is 3. The average molecular weight is 329 g/mol. The zero-order valence-corrected chi connectivity index (χ0v) is 12.2. The number of anilines is 1. The summed E-state index contributed by atoms with van der Waals surface area (Å²) in [5, 5.41) is 4.56. The second-order valence-corrected chi connectivity index (χ2v) is 4.90. The van der Waals surface area contributed by atoms with E-state index in [1.54, 1.807) is 26.0 Å². The van der Waals surface area contributed by atoms with Crippen LogP contribution in [0, 0.1) is 6.92 Å². The van der Waals surface area contributed by atoms with Crippen molar-refractivity contribution in [1.82, 2.24) is 10.3 Å². The number of carbonyl (C=O) groups excluding carboxylic acids is 1. The molecule has 124 valence electrons. The average Bonchev–Trinajstić information content (AvgIpc) is 2.86. The van der Waals surface area contributed by atoms with Crippen LogP contribution in [0.3, 0.4) is 0 Å². The molecule has 0 radical (unpaired) electrons. The highest BCUT2D eigenvalue weighted by Crippen LogP contribution is 2.29. The Labute approximate surface area is 128 Å². The van der Waals surface area contributed by atoms with Crippen LogP contribution in [0.1, 0.15) is 30.0 Å². The maximum absolute atomic E-state index is 12.6. The highest BCUT2D eigenvalue weighted by Gasteiger charge is 2.31. The molecule has 2 heterocycles. The normalized spacial score (nSPS) is 12.7. The summed E-state index contributed by atoms with van der Waals surface area (Å²) in [5.41, 5.74) is -2.41. The largest absolute Gasteiger partial charge is 0.464 e. The van der Waals surface area contributed by atoms with Crippen LogP contribution < -0.4 is 16.2 Å². The molecule has 2 amide bonds. The zero-order chi connectivity index (χ0) is 17.2. The quantitative estimate of drug-likeness (QED) is 0.808. The van der Waals surface area contributed by atoms with Crippen LogP contribution in [0.2, 0.25) is 0 Å². The number of rotatable bonds is 3. The van der Waals surface area contributed by atoms with E-state index in [-0.39, 0.29) is 0 Å². The van der Waals surface area contributed by atoms with E-state index in [1.165, 1.54) is 0 Å². The van der Waals surface area contributed by atoms with Crippen LogP contribution >= 0.6 is 0 Å². The summed E-state index contributed by atoms with van der Waals surface area (Å²) in [5.74, 6) is 1.14. The summed E-state index contributed by atoms with van der Waals surface area (Å²) in [6.45, 7) is 3.37. The zero-order valence-electron chi connectivity index (χ0n) is 12.2. The molecule has 0 saturated carbocycles. The predicted octanol–water partition coefficient (Wildman–Crippen LogP) is 3.18. The standard InChI is InChI=1S/C14H14F3N3O3/c1-7-3-4-11(23-7)8(2)19-13(22)20-10-5-9(14(15,16)17)6-18-12(10)21/h3-6,8H,1-2H3,(H,18,21)(H2,19,20,22). The molecule has 23 heavy (non-hydrogen) atoms. The van der Waals surface area contributed by atoms with Gasteiger partial charge in [0, 0.05) is 6.20 Å². The summed E-state index contributed by atoms with van der Waals surface area (Å²) in [7, 11) is 0. The Bertz CT molecular complexity index is 764. The van der Waals surface area contributed by atoms with Gasteiger partial charge in [0.25, 0.3) is 5.56 Å². The molecule has 2 aromatic heterocycles. The minimum Gasteiger partial charge on any atom is -0.464 e. The lowest BCUT2D eigenvalue weighted by Gasteiger charge is -2.13. The smallest absolute Gasteiger partial charge is 0.417 e. The molecule has 1 unspecified atom stereocenters. The van der Waals surface area contributed by atoms with Gasteiger partial charge in [0.2, 0.25) is 0 Å². The van der Waals surface area contributed by atoms with E-state index < -0.39 is 35.1 Å². The van der Waals surface area contributed by atoms with Gasteiger partial charge < -0.3 is 20.0 Å². The lowest BCUT2D eigenvalue weighted by molar-refractivity contribution is -0.137. The predicted molar refractivity (Wildman–Crippen MR) is 76.1 cm³/mol. The molecule has 2 aromatic rings. The second-order valence-electron chi connectivity index (χ2n) is 4.90. The van der Waals surface area contributed by atoms with Gasteiger partial charge >= 0.3 is 12.2 Å². The molecular formula is C14H14F3N3O3. The number of halogens is 3. The number of amides is 2. The van der Waals surface area contributed by atoms with Crippen molar-refractivity contribution >= 4 is 11.7 Å². The Kier molecular flexibility index (Phi) is 4.48. The van der Waals surface area contributed by atoms with E-state index in [4.69, 9.17) is 4.42 Å². The van der Waals surface area contributed by atoms with Crippen LogP contribution in [-0.2, 0) is 6.18 Å². The van der Waals surface area contributed by atoms with Crippen molar-refractivity contribution in [1.29, 1.82) is 0 Å². The number of alkyl halides is 3. The highest BCUT2D eigenvalue weighted by atomic mass is 19.4. The van der Waals surface area contributed by atoms with E-state index in [0.29, 0.717) is 23.8 Å². The Balaban J connectivity index is 2.09. The first-order valence-electron chi connectivity index (χ1n) is 6.60. The molecule has 1 atom stereocenters. The molecular weight excluding hydrogens is 315 g/mol. The Morgan fingerprint density at radius 3 is 2.61 bits per heavy atom. The summed E-state index contributed by atoms with van der Waals surface area (Å²) >= 11 is 0. The third-order valence-electron chi connectivity index (χ3n) is 3.01. The number of pyridine rings is 1. The monoisotopic (exact) mass is 329 g/mol. The van der Waals surface area contributed by atoms with Crippen LogP contribution in [0.15, 0.2) is 33.6 Å². The Hall–Kier alpha value is -2.71. The first-order valence-corrected chi connectivity index (χ1v) is 6.60. The van der Waals surface area contributed by atoms with Crippen molar-refractivity contribution < 1.29 is 22.4 Å². The van der Waals surface area contributed by atoms with Crippen molar-refractivity contribution in [3.8, 4) is 0 Å². The Morgan fingerprint density at radius 1 is 1.35 bits per heavy atom. The molecule has 0 saturated heterocycles. The number of nitrogens with one attached hydrogen (secondary N) is 3. The van der Waals surface area contributed by atoms with Crippen molar-refractivity contribution in [3.63, 3.8) is 0 Å². The van der Waals surface area contributed by atoms with Crippen molar-refractivity contribution in [3.05, 3.63) is 51.8 Å². The fourth-order valence-electron chi connectivity index (χ4n) is 1.85. The molecule has 0 aliphatic carbocycles. The third-order valence-corrected chi connectivity index (χ3v) is 3.01. The van der Waals surface area contributed by atoms with E-state index in [9.17, 15) is 22.8 Å². The molecule has 2 rings (SSSR count). The summed E-state index contributed by atoms with van der Waals surface area (Å²) < 4.78 is 43.1. The fourth-order valence-corrected chi connectivity index (χ4v) is 1.85. The van der Waals surface area contributed by atoms with Gasteiger partial charge in [0.05, 0.1) is 11.6 Å². The molecule has 6 nitrogen and oxygen atoms in total. The number of carbonyl (C=O) groups is 1. The second kappa shape index (κ2) is 6.19. The van der Waals surface area contributed by atoms with Crippen molar-refractivity contribution in [2.45, 2.75) is 26.1 Å². The first-order chi connectivity index (χ1) is 10.7. The molecule has 0 aliphatic rings. The highest BCUT2D eigenvalue weighted by molar-refractivity contribution is 5.89. The molecule has 0 bridgehead atoms. The van der Waals surface area contributed by atoms with Crippen LogP contribution in [0.25, 0.3) is 0 Å². The van der Waals surface area contributed by atoms with Gasteiger partial charge in [-0.25, -0.2) is 4.79 Å². The Morgan fingerprint density at radius 2 is 2.04 bits per heavy atom. The summed E-state index contributed by atoms with van der Waals surface area (Å²) in [6, 6.07) is 2.60. The van der Waals surface area contributed by atoms with E-state index in [2.05, 4.69) is 10.6 Å². The molecule has 0 aromatic carbocycles. The number of hydrogen-bond acceptors (Lipinski definition) is 3. The van der Waals surface area contributed by atoms with Crippen LogP contribution in [-0.4, -0.2) is 11.0 Å². The molecule has 0 spiro atoms. The number of aromatic nitrogens is 1. The molecule has 0 aliphatic heterocycles. The van der Waals surface area contributed by atoms with E-state index in [1.807, 2.05) is 4.98 Å². The molecule has 3 N–H and O–H groups in total. The van der Waals surface area contributed by atoms with Gasteiger partial charge in [0.15, 0.2) is 0 Å². The number of H-pyrrole nitrogens is 1. The van der Waals surface area contributed by atoms with Crippen molar-refractivity contribution in [2.24, 2.45) is 0 Å². The maximum Gasteiger partial charge on any atom is 0.417 e. The van der Waals surface area contributed by atoms with Gasteiger partial charge in [-0.1, -0.05) is 0 Å². The number of aromatic amines is 1. The van der Waals surface area contributed by atoms with E-state index in [0.717, 1.165) is 0 Å². The third kappa shape index (κ3) is 4.15. The van der Waals surface area contributed by atoms with Crippen LogP contribution in [0.5, 0.6) is 0 Å². The number of furan rings is 1. The van der Waals surface area contributed by atoms with Gasteiger partial charge in [0.1, 0.15) is 17.2 Å². The molecule has 0 fully saturated rings. The first kappa shape index (κ1) is 16.7. The van der Waals surface area contributed by atoms with Gasteiger partial charge in [-0.15, -0.1) is 0 Å². The van der Waals surface area contributed by atoms with Crippen LogP contribution in [0.4, 0.5) is 23.7 Å². The SMILES string of the molecule is Cc1ccc(C(C)NC(=O)Nc2cc(C(F)(F)F)c[nH]c2=O)o1. The molecule has 9 heteroatoms. The summed E-state index contributed by atoms with van der Waals surface area (Å²) in [4.78, 5) is 25.3. The lowest BCUT2D eigenvalue weighted by atomic mass is 10.2. The topological polar surface area (TPSA) is 87.1 Å². The number of aryl methyl sites for hydroxylation is 1. The summed E-state index contributed by atoms with van der Waals surface area (Å²) in [6.07, 6.45) is -4.09. The van der Waals surface area contributed by atoms with Crippen molar-refractivity contribution in [2.75, 3.05) is 5.32 Å². The minimum absolute atomic E-state index is 0.482. The van der Waals surface area contributed by atoms with Gasteiger partial charge in [-0.2, -0.15) is 13.2 Å². The van der Waals surface area contributed by atoms with Gasteiger partial charge in [-0.3, -0.25) is 4.79 Å². The fraction of sp³-hybridized carbons (Fsp3) is 0.286. The lowest BCUT2D eigenvalue weighted by Crippen LogP contribution is -2.33. The number of urea groups is 1. The van der Waals surface area contributed by atoms with E-state index >= 15 is 0 Å². The maximum atomic E-state index is 12.6. The van der Waals surface area contributed by atoms with Gasteiger partial charge in [-0.05, 0) is 32.0 Å².